The number of nitrogens with zero attached hydrogens (tertiary/aromatic N) is 4. The van der Waals surface area contributed by atoms with Gasteiger partial charge in [0.15, 0.2) is 0 Å². The van der Waals surface area contributed by atoms with Crippen LogP contribution in [0, 0.1) is 0 Å². The second-order valence-electron chi connectivity index (χ2n) is 5.19. The zero-order valence-electron chi connectivity index (χ0n) is 11.5. The Morgan fingerprint density at radius 2 is 2.22 bits per heavy atom. The lowest BCUT2D eigenvalue weighted by molar-refractivity contribution is -0.129. The molecule has 1 fully saturated rings. The van der Waals surface area contributed by atoms with E-state index in [1.54, 1.807) is 4.90 Å². The quantitative estimate of drug-likeness (QED) is 0.752. The fraction of sp³-hybridized carbons (Fsp3) is 0.692. The van der Waals surface area contributed by atoms with Crippen molar-refractivity contribution in [2.45, 2.75) is 31.8 Å². The minimum Gasteiger partial charge on any atom is -0.349 e. The highest BCUT2D eigenvalue weighted by atomic mass is 16.2. The Balaban J connectivity index is 1.89. The van der Waals surface area contributed by atoms with Crippen LogP contribution in [-0.4, -0.2) is 51.9 Å². The third-order valence-electron chi connectivity index (χ3n) is 3.44. The molecule has 1 aromatic rings. The highest BCUT2D eigenvalue weighted by Gasteiger charge is 2.29. The molecule has 18 heavy (non-hydrogen) atoms. The van der Waals surface area contributed by atoms with Crippen molar-refractivity contribution in [3.63, 3.8) is 0 Å². The molecule has 0 N–H and O–H groups in total. The van der Waals surface area contributed by atoms with Gasteiger partial charge in [-0.2, -0.15) is 0 Å². The SMILES string of the molecule is CN(C)C(=O)CCN(Cc1nccn1C)C1CC1. The number of carbonyl (C=O) groups excluding carboxylic acids is 1. The van der Waals surface area contributed by atoms with E-state index in [4.69, 9.17) is 0 Å². The molecule has 100 valence electrons. The van der Waals surface area contributed by atoms with E-state index in [-0.39, 0.29) is 5.91 Å². The molecule has 1 aliphatic carbocycles. The molecule has 1 aromatic heterocycles. The normalized spacial score (nSPS) is 15.1. The molecule has 0 saturated heterocycles. The van der Waals surface area contributed by atoms with Gasteiger partial charge in [-0.3, -0.25) is 9.69 Å². The average Bonchev–Trinajstić information content (AvgIpc) is 3.09. The summed E-state index contributed by atoms with van der Waals surface area (Å²) in [5.41, 5.74) is 0. The van der Waals surface area contributed by atoms with Gasteiger partial charge in [-0.05, 0) is 12.8 Å². The van der Waals surface area contributed by atoms with Crippen molar-refractivity contribution >= 4 is 5.91 Å². The van der Waals surface area contributed by atoms with Crippen LogP contribution in [0.25, 0.3) is 0 Å². The molecule has 5 nitrogen and oxygen atoms in total. The Labute approximate surface area is 108 Å². The molecule has 1 heterocycles. The number of aryl methyl sites for hydroxylation is 1. The number of amides is 1. The first kappa shape index (κ1) is 13.1. The van der Waals surface area contributed by atoms with Crippen molar-refractivity contribution in [2.75, 3.05) is 20.6 Å². The van der Waals surface area contributed by atoms with Crippen molar-refractivity contribution in [3.05, 3.63) is 18.2 Å². The topological polar surface area (TPSA) is 41.4 Å². The summed E-state index contributed by atoms with van der Waals surface area (Å²) in [6.45, 7) is 1.67. The van der Waals surface area contributed by atoms with Crippen molar-refractivity contribution < 1.29 is 4.79 Å². The van der Waals surface area contributed by atoms with Gasteiger partial charge in [0.25, 0.3) is 0 Å². The van der Waals surface area contributed by atoms with Gasteiger partial charge < -0.3 is 9.47 Å². The molecule has 0 atom stereocenters. The van der Waals surface area contributed by atoms with Crippen LogP contribution in [0.15, 0.2) is 12.4 Å². The van der Waals surface area contributed by atoms with Gasteiger partial charge >= 0.3 is 0 Å². The van der Waals surface area contributed by atoms with Gasteiger partial charge in [0.05, 0.1) is 6.54 Å². The molecule has 1 aliphatic rings. The van der Waals surface area contributed by atoms with Crippen LogP contribution in [0.3, 0.4) is 0 Å². The van der Waals surface area contributed by atoms with Crippen LogP contribution >= 0.6 is 0 Å². The summed E-state index contributed by atoms with van der Waals surface area (Å²) in [4.78, 5) is 20.0. The molecule has 0 aromatic carbocycles. The number of rotatable bonds is 6. The van der Waals surface area contributed by atoms with Crippen molar-refractivity contribution in [3.8, 4) is 0 Å². The Morgan fingerprint density at radius 3 is 2.72 bits per heavy atom. The molecular formula is C13H22N4O. The number of hydrogen-bond acceptors (Lipinski definition) is 3. The highest BCUT2D eigenvalue weighted by Crippen LogP contribution is 2.28. The molecule has 0 radical (unpaired) electrons. The number of aromatic nitrogens is 2. The summed E-state index contributed by atoms with van der Waals surface area (Å²) in [5.74, 6) is 1.26. The fourth-order valence-corrected chi connectivity index (χ4v) is 2.02. The second kappa shape index (κ2) is 5.52. The highest BCUT2D eigenvalue weighted by molar-refractivity contribution is 5.75. The minimum absolute atomic E-state index is 0.195. The molecule has 0 aliphatic heterocycles. The van der Waals surface area contributed by atoms with Crippen molar-refractivity contribution in [1.29, 1.82) is 0 Å². The number of carbonyl (C=O) groups is 1. The lowest BCUT2D eigenvalue weighted by atomic mass is 10.3. The van der Waals surface area contributed by atoms with Crippen LogP contribution in [-0.2, 0) is 18.4 Å². The van der Waals surface area contributed by atoms with E-state index in [1.165, 1.54) is 12.8 Å². The maximum Gasteiger partial charge on any atom is 0.223 e. The van der Waals surface area contributed by atoms with Crippen molar-refractivity contribution in [1.82, 2.24) is 19.4 Å². The summed E-state index contributed by atoms with van der Waals surface area (Å²) >= 11 is 0. The van der Waals surface area contributed by atoms with E-state index in [1.807, 2.05) is 38.1 Å². The standard InChI is InChI=1S/C13H22N4O/c1-15(2)13(18)6-8-17(11-4-5-11)10-12-14-7-9-16(12)3/h7,9,11H,4-6,8,10H2,1-3H3. The first-order valence-electron chi connectivity index (χ1n) is 6.48. The van der Waals surface area contributed by atoms with E-state index in [9.17, 15) is 4.79 Å². The van der Waals surface area contributed by atoms with E-state index in [2.05, 4.69) is 9.88 Å². The molecule has 2 rings (SSSR count). The Hall–Kier alpha value is -1.36. The van der Waals surface area contributed by atoms with Crippen LogP contribution in [0.4, 0.5) is 0 Å². The summed E-state index contributed by atoms with van der Waals surface area (Å²) in [6, 6.07) is 0.650. The molecule has 1 amide bonds. The molecule has 5 heteroatoms. The van der Waals surface area contributed by atoms with Crippen LogP contribution in [0.2, 0.25) is 0 Å². The molecule has 0 unspecified atom stereocenters. The third-order valence-corrected chi connectivity index (χ3v) is 3.44. The van der Waals surface area contributed by atoms with Crippen molar-refractivity contribution in [2.24, 2.45) is 7.05 Å². The Morgan fingerprint density at radius 1 is 1.50 bits per heavy atom. The monoisotopic (exact) mass is 250 g/mol. The van der Waals surface area contributed by atoms with Gasteiger partial charge in [-0.15, -0.1) is 0 Å². The van der Waals surface area contributed by atoms with Crippen LogP contribution < -0.4 is 0 Å². The van der Waals surface area contributed by atoms with E-state index in [0.717, 1.165) is 18.9 Å². The largest absolute Gasteiger partial charge is 0.349 e. The van der Waals surface area contributed by atoms with E-state index >= 15 is 0 Å². The maximum atomic E-state index is 11.6. The summed E-state index contributed by atoms with van der Waals surface area (Å²) in [6.07, 6.45) is 6.88. The summed E-state index contributed by atoms with van der Waals surface area (Å²) in [7, 11) is 5.63. The van der Waals surface area contributed by atoms with E-state index in [0.29, 0.717) is 12.5 Å². The second-order valence-corrected chi connectivity index (χ2v) is 5.19. The molecular weight excluding hydrogens is 228 g/mol. The first-order valence-corrected chi connectivity index (χ1v) is 6.48. The van der Waals surface area contributed by atoms with Crippen LogP contribution in [0.5, 0.6) is 0 Å². The van der Waals surface area contributed by atoms with Gasteiger partial charge in [0.2, 0.25) is 5.91 Å². The lowest BCUT2D eigenvalue weighted by Gasteiger charge is -2.22. The Bertz CT molecular complexity index is 409. The zero-order valence-corrected chi connectivity index (χ0v) is 11.5. The van der Waals surface area contributed by atoms with E-state index < -0.39 is 0 Å². The third kappa shape index (κ3) is 3.32. The van der Waals surface area contributed by atoms with Gasteiger partial charge in [-0.1, -0.05) is 0 Å². The predicted molar refractivity (Wildman–Crippen MR) is 70.0 cm³/mol. The molecule has 0 spiro atoms. The van der Waals surface area contributed by atoms with Crippen LogP contribution in [0.1, 0.15) is 25.1 Å². The predicted octanol–water partition coefficient (Wildman–Crippen LogP) is 0.863. The smallest absolute Gasteiger partial charge is 0.223 e. The lowest BCUT2D eigenvalue weighted by Crippen LogP contribution is -2.32. The summed E-state index contributed by atoms with van der Waals surface area (Å²) in [5, 5.41) is 0. The van der Waals surface area contributed by atoms with Gasteiger partial charge in [0, 0.05) is 52.5 Å². The maximum absolute atomic E-state index is 11.6. The molecule has 1 saturated carbocycles. The van der Waals surface area contributed by atoms with Gasteiger partial charge in [-0.25, -0.2) is 4.98 Å². The molecule has 0 bridgehead atoms. The van der Waals surface area contributed by atoms with Gasteiger partial charge in [0.1, 0.15) is 5.82 Å². The Kier molecular flexibility index (Phi) is 4.01. The first-order chi connectivity index (χ1) is 8.58. The summed E-state index contributed by atoms with van der Waals surface area (Å²) < 4.78 is 2.04. The minimum atomic E-state index is 0.195. The average molecular weight is 250 g/mol. The fourth-order valence-electron chi connectivity index (χ4n) is 2.02. The number of hydrogen-bond donors (Lipinski definition) is 0. The number of imidazole rings is 1. The zero-order chi connectivity index (χ0) is 13.1.